The highest BCUT2D eigenvalue weighted by molar-refractivity contribution is 6.04. The molecule has 0 spiro atoms. The zero-order chi connectivity index (χ0) is 14.8. The van der Waals surface area contributed by atoms with Crippen LogP contribution in [0.25, 0.3) is 10.9 Å². The lowest BCUT2D eigenvalue weighted by atomic mass is 10.0. The molecule has 1 unspecified atom stereocenters. The molecule has 2 aromatic rings. The van der Waals surface area contributed by atoms with Gasteiger partial charge >= 0.3 is 0 Å². The Bertz CT molecular complexity index is 683. The summed E-state index contributed by atoms with van der Waals surface area (Å²) in [5.74, 6) is 0.928. The van der Waals surface area contributed by atoms with E-state index in [4.69, 9.17) is 15.9 Å². The maximum Gasteiger partial charge on any atom is 0.173 e. The Hall–Kier alpha value is -2.30. The van der Waals surface area contributed by atoms with Crippen molar-refractivity contribution in [3.63, 3.8) is 0 Å². The van der Waals surface area contributed by atoms with Crippen molar-refractivity contribution in [1.82, 2.24) is 4.98 Å². The SMILES string of the molecule is CC1CCCCN1c1nc2ccccc2cc1C(N)=NO. The van der Waals surface area contributed by atoms with Crippen LogP contribution in [-0.2, 0) is 0 Å². The highest BCUT2D eigenvalue weighted by Crippen LogP contribution is 2.28. The van der Waals surface area contributed by atoms with Gasteiger partial charge < -0.3 is 15.8 Å². The minimum Gasteiger partial charge on any atom is -0.409 e. The van der Waals surface area contributed by atoms with Crippen LogP contribution in [0.15, 0.2) is 35.5 Å². The predicted octanol–water partition coefficient (Wildman–Crippen LogP) is 2.71. The van der Waals surface area contributed by atoms with E-state index >= 15 is 0 Å². The fourth-order valence-electron chi connectivity index (χ4n) is 2.98. The number of nitrogens with two attached hydrogens (primary N) is 1. The number of rotatable bonds is 2. The molecule has 0 saturated carbocycles. The summed E-state index contributed by atoms with van der Waals surface area (Å²) >= 11 is 0. The molecule has 0 amide bonds. The van der Waals surface area contributed by atoms with Crippen LogP contribution in [0.2, 0.25) is 0 Å². The molecular formula is C16H20N4O. The molecule has 5 nitrogen and oxygen atoms in total. The van der Waals surface area contributed by atoms with Crippen LogP contribution in [0.3, 0.4) is 0 Å². The first kappa shape index (κ1) is 13.7. The summed E-state index contributed by atoms with van der Waals surface area (Å²) in [6, 6.07) is 10.3. The van der Waals surface area contributed by atoms with Gasteiger partial charge in [0.2, 0.25) is 0 Å². The number of pyridine rings is 1. The van der Waals surface area contributed by atoms with Gasteiger partial charge in [-0.1, -0.05) is 23.4 Å². The second-order valence-electron chi connectivity index (χ2n) is 5.58. The third-order valence-corrected chi connectivity index (χ3v) is 4.16. The maximum atomic E-state index is 9.07. The zero-order valence-electron chi connectivity index (χ0n) is 12.2. The van der Waals surface area contributed by atoms with E-state index in [9.17, 15) is 0 Å². The van der Waals surface area contributed by atoms with Crippen molar-refractivity contribution in [3.8, 4) is 0 Å². The number of hydrogen-bond acceptors (Lipinski definition) is 4. The second kappa shape index (κ2) is 5.60. The third kappa shape index (κ3) is 2.51. The van der Waals surface area contributed by atoms with Crippen molar-refractivity contribution in [2.24, 2.45) is 10.9 Å². The summed E-state index contributed by atoms with van der Waals surface area (Å²) in [4.78, 5) is 7.04. The van der Waals surface area contributed by atoms with Crippen LogP contribution in [0.1, 0.15) is 31.7 Å². The van der Waals surface area contributed by atoms with Gasteiger partial charge in [0.1, 0.15) is 5.82 Å². The molecule has 1 aromatic carbocycles. The lowest BCUT2D eigenvalue weighted by Crippen LogP contribution is -2.39. The molecule has 1 aliphatic heterocycles. The number of hydrogen-bond donors (Lipinski definition) is 2. The van der Waals surface area contributed by atoms with Gasteiger partial charge in [0, 0.05) is 18.0 Å². The lowest BCUT2D eigenvalue weighted by Gasteiger charge is -2.35. The Labute approximate surface area is 124 Å². The van der Waals surface area contributed by atoms with Gasteiger partial charge in [-0.3, -0.25) is 0 Å². The Morgan fingerprint density at radius 2 is 2.19 bits per heavy atom. The van der Waals surface area contributed by atoms with E-state index in [0.29, 0.717) is 11.6 Å². The van der Waals surface area contributed by atoms with Crippen molar-refractivity contribution >= 4 is 22.6 Å². The molecule has 1 atom stereocenters. The number of piperidine rings is 1. The topological polar surface area (TPSA) is 74.7 Å². The Morgan fingerprint density at radius 1 is 1.38 bits per heavy atom. The van der Waals surface area contributed by atoms with Crippen LogP contribution >= 0.6 is 0 Å². The van der Waals surface area contributed by atoms with Gasteiger partial charge in [-0.25, -0.2) is 4.98 Å². The largest absolute Gasteiger partial charge is 0.409 e. The van der Waals surface area contributed by atoms with Gasteiger partial charge in [0.25, 0.3) is 0 Å². The standard InChI is InChI=1S/C16H20N4O/c1-11-6-4-5-9-20(11)16-13(15(17)19-21)10-12-7-2-3-8-14(12)18-16/h2-3,7-8,10-11,21H,4-6,9H2,1H3,(H2,17,19). The summed E-state index contributed by atoms with van der Waals surface area (Å²) < 4.78 is 0. The van der Waals surface area contributed by atoms with E-state index in [2.05, 4.69) is 17.0 Å². The molecule has 1 aromatic heterocycles. The third-order valence-electron chi connectivity index (χ3n) is 4.16. The molecule has 5 heteroatoms. The molecular weight excluding hydrogens is 264 g/mol. The van der Waals surface area contributed by atoms with Crippen molar-refractivity contribution in [3.05, 3.63) is 35.9 Å². The smallest absolute Gasteiger partial charge is 0.173 e. The van der Waals surface area contributed by atoms with E-state index in [0.717, 1.165) is 36.1 Å². The van der Waals surface area contributed by atoms with E-state index in [1.54, 1.807) is 0 Å². The normalized spacial score (nSPS) is 20.0. The van der Waals surface area contributed by atoms with Crippen LogP contribution in [0.5, 0.6) is 0 Å². The first-order chi connectivity index (χ1) is 10.2. The Kier molecular flexibility index (Phi) is 3.64. The average Bonchev–Trinajstić information content (AvgIpc) is 2.53. The van der Waals surface area contributed by atoms with Crippen LogP contribution in [0, 0.1) is 0 Å². The highest BCUT2D eigenvalue weighted by atomic mass is 16.4. The van der Waals surface area contributed by atoms with Gasteiger partial charge in [-0.15, -0.1) is 0 Å². The predicted molar refractivity (Wildman–Crippen MR) is 84.9 cm³/mol. The van der Waals surface area contributed by atoms with Crippen molar-refractivity contribution < 1.29 is 5.21 Å². The second-order valence-corrected chi connectivity index (χ2v) is 5.58. The summed E-state index contributed by atoms with van der Waals surface area (Å²) in [5, 5.41) is 13.2. The van der Waals surface area contributed by atoms with Crippen LogP contribution < -0.4 is 10.6 Å². The molecule has 0 aliphatic carbocycles. The van der Waals surface area contributed by atoms with Crippen molar-refractivity contribution in [2.45, 2.75) is 32.2 Å². The van der Waals surface area contributed by atoms with Gasteiger partial charge in [0.05, 0.1) is 11.1 Å². The molecule has 1 saturated heterocycles. The first-order valence-corrected chi connectivity index (χ1v) is 7.35. The number of fused-ring (bicyclic) bond motifs is 1. The first-order valence-electron chi connectivity index (χ1n) is 7.35. The summed E-state index contributed by atoms with van der Waals surface area (Å²) in [7, 11) is 0. The monoisotopic (exact) mass is 284 g/mol. The number of oxime groups is 1. The maximum absolute atomic E-state index is 9.07. The minimum absolute atomic E-state index is 0.112. The summed E-state index contributed by atoms with van der Waals surface area (Å²) in [5.41, 5.74) is 7.50. The molecule has 0 radical (unpaired) electrons. The van der Waals surface area contributed by atoms with E-state index in [1.165, 1.54) is 6.42 Å². The van der Waals surface area contributed by atoms with E-state index in [-0.39, 0.29) is 5.84 Å². The lowest BCUT2D eigenvalue weighted by molar-refractivity contribution is 0.318. The van der Waals surface area contributed by atoms with Gasteiger partial charge in [-0.05, 0) is 38.3 Å². The number of benzene rings is 1. The molecule has 3 rings (SSSR count). The molecule has 21 heavy (non-hydrogen) atoms. The molecule has 3 N–H and O–H groups in total. The fourth-order valence-corrected chi connectivity index (χ4v) is 2.98. The average molecular weight is 284 g/mol. The molecule has 110 valence electrons. The Balaban J connectivity index is 2.18. The number of nitrogens with zero attached hydrogens (tertiary/aromatic N) is 3. The number of aromatic nitrogens is 1. The quantitative estimate of drug-likeness (QED) is 0.385. The van der Waals surface area contributed by atoms with Crippen molar-refractivity contribution in [1.29, 1.82) is 0 Å². The summed E-state index contributed by atoms with van der Waals surface area (Å²) in [6.07, 6.45) is 3.53. The Morgan fingerprint density at radius 3 is 2.95 bits per heavy atom. The highest BCUT2D eigenvalue weighted by Gasteiger charge is 2.24. The summed E-state index contributed by atoms with van der Waals surface area (Å²) in [6.45, 7) is 3.16. The van der Waals surface area contributed by atoms with Crippen LogP contribution in [0.4, 0.5) is 5.82 Å². The molecule has 2 heterocycles. The molecule has 1 aliphatic rings. The van der Waals surface area contributed by atoms with E-state index < -0.39 is 0 Å². The van der Waals surface area contributed by atoms with Gasteiger partial charge in [0.15, 0.2) is 5.84 Å². The van der Waals surface area contributed by atoms with Gasteiger partial charge in [-0.2, -0.15) is 0 Å². The number of para-hydroxylation sites is 1. The number of amidine groups is 1. The van der Waals surface area contributed by atoms with E-state index in [1.807, 2.05) is 30.3 Å². The molecule has 0 bridgehead atoms. The van der Waals surface area contributed by atoms with Crippen molar-refractivity contribution in [2.75, 3.05) is 11.4 Å². The minimum atomic E-state index is 0.112. The number of anilines is 1. The fraction of sp³-hybridized carbons (Fsp3) is 0.375. The van der Waals surface area contributed by atoms with Crippen LogP contribution in [-0.4, -0.2) is 28.6 Å². The zero-order valence-corrected chi connectivity index (χ0v) is 12.2. The molecule has 1 fully saturated rings.